The minimum atomic E-state index is -0.482. The summed E-state index contributed by atoms with van der Waals surface area (Å²) in [6.45, 7) is 4.64. The standard InChI is InChI=1S/C14H20O4S/c1-7(15)5-6-10-12(17)8(2)13(18)11(9(3)16)14(10)19-4/h7,15,17-18H,5-6H2,1-4H3. The first-order valence-electron chi connectivity index (χ1n) is 6.11. The van der Waals surface area contributed by atoms with Gasteiger partial charge >= 0.3 is 0 Å². The van der Waals surface area contributed by atoms with E-state index in [0.717, 1.165) is 0 Å². The van der Waals surface area contributed by atoms with E-state index in [0.29, 0.717) is 28.9 Å². The Kier molecular flexibility index (Phi) is 5.26. The van der Waals surface area contributed by atoms with E-state index >= 15 is 0 Å². The fourth-order valence-electron chi connectivity index (χ4n) is 2.03. The fourth-order valence-corrected chi connectivity index (χ4v) is 2.92. The summed E-state index contributed by atoms with van der Waals surface area (Å²) in [5.41, 5.74) is 1.18. The first-order chi connectivity index (χ1) is 8.81. The van der Waals surface area contributed by atoms with Crippen LogP contribution in [0.15, 0.2) is 4.90 Å². The maximum Gasteiger partial charge on any atom is 0.164 e. The SMILES string of the molecule is CSc1c(CCC(C)O)c(O)c(C)c(O)c1C(C)=O. The minimum absolute atomic E-state index is 0.00694. The summed E-state index contributed by atoms with van der Waals surface area (Å²) in [6, 6.07) is 0. The van der Waals surface area contributed by atoms with Crippen molar-refractivity contribution in [1.29, 1.82) is 0 Å². The van der Waals surface area contributed by atoms with Crippen molar-refractivity contribution in [2.75, 3.05) is 6.26 Å². The quantitative estimate of drug-likeness (QED) is 0.572. The number of thioether (sulfide) groups is 1. The third-order valence-corrected chi connectivity index (χ3v) is 3.96. The summed E-state index contributed by atoms with van der Waals surface area (Å²) in [5, 5.41) is 29.5. The number of phenols is 2. The van der Waals surface area contributed by atoms with E-state index in [-0.39, 0.29) is 22.8 Å². The van der Waals surface area contributed by atoms with E-state index in [1.807, 2.05) is 0 Å². The highest BCUT2D eigenvalue weighted by molar-refractivity contribution is 7.98. The summed E-state index contributed by atoms with van der Waals surface area (Å²) in [4.78, 5) is 12.3. The van der Waals surface area contributed by atoms with Crippen molar-refractivity contribution in [3.63, 3.8) is 0 Å². The first kappa shape index (κ1) is 15.9. The zero-order valence-corrected chi connectivity index (χ0v) is 12.5. The van der Waals surface area contributed by atoms with Crippen LogP contribution in [0.4, 0.5) is 0 Å². The lowest BCUT2D eigenvalue weighted by Gasteiger charge is -2.18. The molecule has 106 valence electrons. The molecule has 4 nitrogen and oxygen atoms in total. The Labute approximate surface area is 117 Å². The largest absolute Gasteiger partial charge is 0.507 e. The molecule has 1 rings (SSSR count). The molecule has 0 aliphatic carbocycles. The van der Waals surface area contributed by atoms with Gasteiger partial charge in [-0.25, -0.2) is 0 Å². The van der Waals surface area contributed by atoms with Crippen molar-refractivity contribution < 1.29 is 20.1 Å². The Hall–Kier alpha value is -1.20. The molecule has 0 fully saturated rings. The van der Waals surface area contributed by atoms with Crippen LogP contribution in [-0.4, -0.2) is 33.5 Å². The van der Waals surface area contributed by atoms with Crippen LogP contribution in [0.5, 0.6) is 11.5 Å². The number of phenolic OH excluding ortho intramolecular Hbond substituents is 2. The third kappa shape index (κ3) is 3.22. The molecule has 0 radical (unpaired) electrons. The maximum absolute atomic E-state index is 11.7. The predicted octanol–water partition coefficient (Wildman–Crippen LogP) is 2.64. The molecular weight excluding hydrogens is 264 g/mol. The molecule has 0 heterocycles. The van der Waals surface area contributed by atoms with Gasteiger partial charge in [0.1, 0.15) is 11.5 Å². The van der Waals surface area contributed by atoms with E-state index in [4.69, 9.17) is 0 Å². The van der Waals surface area contributed by atoms with E-state index in [1.54, 1.807) is 20.1 Å². The number of ketones is 1. The molecule has 0 spiro atoms. The van der Waals surface area contributed by atoms with Gasteiger partial charge in [0.05, 0.1) is 11.7 Å². The fraction of sp³-hybridized carbons (Fsp3) is 0.500. The lowest BCUT2D eigenvalue weighted by molar-refractivity contribution is 0.101. The summed E-state index contributed by atoms with van der Waals surface area (Å²) < 4.78 is 0. The molecule has 3 N–H and O–H groups in total. The van der Waals surface area contributed by atoms with E-state index < -0.39 is 6.10 Å². The molecule has 0 aromatic heterocycles. The number of hydrogen-bond donors (Lipinski definition) is 3. The van der Waals surface area contributed by atoms with Crippen LogP contribution in [0.2, 0.25) is 0 Å². The van der Waals surface area contributed by atoms with Gasteiger partial charge in [-0.2, -0.15) is 0 Å². The van der Waals surface area contributed by atoms with Crippen LogP contribution in [0.1, 0.15) is 41.8 Å². The highest BCUT2D eigenvalue weighted by Gasteiger charge is 2.23. The van der Waals surface area contributed by atoms with Gasteiger partial charge in [0.25, 0.3) is 0 Å². The lowest BCUT2D eigenvalue weighted by Crippen LogP contribution is -2.06. The maximum atomic E-state index is 11.7. The average Bonchev–Trinajstić information content (AvgIpc) is 2.33. The molecule has 0 bridgehead atoms. The number of Topliss-reactive ketones (excluding diaryl/α,β-unsaturated/α-hetero) is 1. The molecule has 1 aromatic carbocycles. The normalized spacial score (nSPS) is 12.5. The lowest BCUT2D eigenvalue weighted by atomic mass is 9.97. The molecular formula is C14H20O4S. The van der Waals surface area contributed by atoms with Gasteiger partial charge in [0, 0.05) is 16.0 Å². The number of rotatable bonds is 5. The van der Waals surface area contributed by atoms with Gasteiger partial charge in [0.2, 0.25) is 0 Å². The average molecular weight is 284 g/mol. The summed E-state index contributed by atoms with van der Waals surface area (Å²) in [7, 11) is 0. The molecule has 0 aliphatic heterocycles. The molecule has 0 aliphatic rings. The molecule has 0 saturated heterocycles. The number of carbonyl (C=O) groups excluding carboxylic acids is 1. The van der Waals surface area contributed by atoms with Gasteiger partial charge in [-0.15, -0.1) is 11.8 Å². The van der Waals surface area contributed by atoms with Crippen molar-refractivity contribution in [3.05, 3.63) is 16.7 Å². The molecule has 19 heavy (non-hydrogen) atoms. The van der Waals surface area contributed by atoms with Crippen LogP contribution < -0.4 is 0 Å². The molecule has 5 heteroatoms. The Morgan fingerprint density at radius 2 is 1.89 bits per heavy atom. The minimum Gasteiger partial charge on any atom is -0.507 e. The van der Waals surface area contributed by atoms with E-state index in [2.05, 4.69) is 0 Å². The topological polar surface area (TPSA) is 77.8 Å². The number of benzene rings is 1. The second-order valence-electron chi connectivity index (χ2n) is 4.65. The van der Waals surface area contributed by atoms with Crippen molar-refractivity contribution >= 4 is 17.5 Å². The molecule has 0 saturated carbocycles. The summed E-state index contributed by atoms with van der Waals surface area (Å²) in [5.74, 6) is -0.383. The zero-order chi connectivity index (χ0) is 14.7. The number of carbonyl (C=O) groups is 1. The Bertz CT molecular complexity index is 495. The summed E-state index contributed by atoms with van der Waals surface area (Å²) in [6.07, 6.45) is 2.26. The van der Waals surface area contributed by atoms with Gasteiger partial charge in [-0.05, 0) is 39.9 Å². The van der Waals surface area contributed by atoms with Crippen LogP contribution in [0.3, 0.4) is 0 Å². The van der Waals surface area contributed by atoms with Gasteiger partial charge in [-0.3, -0.25) is 4.79 Å². The van der Waals surface area contributed by atoms with Crippen LogP contribution in [-0.2, 0) is 6.42 Å². The Morgan fingerprint density at radius 3 is 2.32 bits per heavy atom. The van der Waals surface area contributed by atoms with Crippen LogP contribution in [0, 0.1) is 6.92 Å². The second-order valence-corrected chi connectivity index (χ2v) is 5.47. The van der Waals surface area contributed by atoms with E-state index in [9.17, 15) is 20.1 Å². The number of aliphatic hydroxyl groups excluding tert-OH is 1. The highest BCUT2D eigenvalue weighted by Crippen LogP contribution is 2.42. The van der Waals surface area contributed by atoms with Crippen molar-refractivity contribution in [2.24, 2.45) is 0 Å². The van der Waals surface area contributed by atoms with Gasteiger partial charge < -0.3 is 15.3 Å². The number of aromatic hydroxyl groups is 2. The predicted molar refractivity (Wildman–Crippen MR) is 76.3 cm³/mol. The van der Waals surface area contributed by atoms with Gasteiger partial charge in [0.15, 0.2) is 5.78 Å². The zero-order valence-electron chi connectivity index (χ0n) is 11.6. The highest BCUT2D eigenvalue weighted by atomic mass is 32.2. The molecule has 0 amide bonds. The number of hydrogen-bond acceptors (Lipinski definition) is 5. The van der Waals surface area contributed by atoms with Crippen molar-refractivity contribution in [3.8, 4) is 11.5 Å². The van der Waals surface area contributed by atoms with Crippen LogP contribution >= 0.6 is 11.8 Å². The Balaban J connectivity index is 3.47. The van der Waals surface area contributed by atoms with Gasteiger partial charge in [-0.1, -0.05) is 0 Å². The smallest absolute Gasteiger partial charge is 0.164 e. The van der Waals surface area contributed by atoms with Crippen LogP contribution in [0.25, 0.3) is 0 Å². The van der Waals surface area contributed by atoms with Crippen molar-refractivity contribution in [1.82, 2.24) is 0 Å². The number of aliphatic hydroxyl groups is 1. The third-order valence-electron chi connectivity index (χ3n) is 3.10. The second kappa shape index (κ2) is 6.30. The summed E-state index contributed by atoms with van der Waals surface area (Å²) >= 11 is 1.32. The molecule has 1 aromatic rings. The Morgan fingerprint density at radius 1 is 1.32 bits per heavy atom. The molecule has 1 unspecified atom stereocenters. The first-order valence-corrected chi connectivity index (χ1v) is 7.34. The monoisotopic (exact) mass is 284 g/mol. The van der Waals surface area contributed by atoms with E-state index in [1.165, 1.54) is 18.7 Å². The molecule has 1 atom stereocenters. The van der Waals surface area contributed by atoms with Crippen molar-refractivity contribution in [2.45, 2.75) is 44.6 Å².